The van der Waals surface area contributed by atoms with Crippen molar-refractivity contribution in [3.05, 3.63) is 64.5 Å². The highest BCUT2D eigenvalue weighted by Crippen LogP contribution is 2.20. The lowest BCUT2D eigenvalue weighted by molar-refractivity contribution is 0.380. The van der Waals surface area contributed by atoms with Gasteiger partial charge in [0.15, 0.2) is 5.96 Å². The molecule has 0 saturated heterocycles. The fourth-order valence-corrected chi connectivity index (χ4v) is 2.57. The van der Waals surface area contributed by atoms with Gasteiger partial charge < -0.3 is 15.6 Å². The Bertz CT molecular complexity index is 935. The SMILES string of the molecule is Cc1ccc(NC(N)=NCCc2nc(-c3cccc(Cl)c3)no2)cc1C. The topological polar surface area (TPSA) is 89.3 Å². The number of anilines is 1. The summed E-state index contributed by atoms with van der Waals surface area (Å²) < 4.78 is 5.25. The predicted molar refractivity (Wildman–Crippen MR) is 104 cm³/mol. The van der Waals surface area contributed by atoms with Crippen molar-refractivity contribution in [2.75, 3.05) is 11.9 Å². The van der Waals surface area contributed by atoms with Crippen LogP contribution >= 0.6 is 11.6 Å². The maximum atomic E-state index is 5.98. The predicted octanol–water partition coefficient (Wildman–Crippen LogP) is 3.98. The minimum atomic E-state index is 0.350. The fraction of sp³-hybridized carbons (Fsp3) is 0.211. The second-order valence-corrected chi connectivity index (χ2v) is 6.40. The van der Waals surface area contributed by atoms with Crippen LogP contribution in [0.5, 0.6) is 0 Å². The molecule has 3 aromatic rings. The molecule has 26 heavy (non-hydrogen) atoms. The number of nitrogens with zero attached hydrogens (tertiary/aromatic N) is 3. The van der Waals surface area contributed by atoms with Crippen LogP contribution in [-0.4, -0.2) is 22.6 Å². The molecule has 134 valence electrons. The normalized spacial score (nSPS) is 11.6. The van der Waals surface area contributed by atoms with E-state index in [9.17, 15) is 0 Å². The summed E-state index contributed by atoms with van der Waals surface area (Å²) in [5.74, 6) is 1.36. The van der Waals surface area contributed by atoms with Gasteiger partial charge in [0.05, 0.1) is 6.54 Å². The molecule has 0 fully saturated rings. The molecule has 0 radical (unpaired) electrons. The van der Waals surface area contributed by atoms with Crippen LogP contribution < -0.4 is 11.1 Å². The van der Waals surface area contributed by atoms with Crippen LogP contribution in [-0.2, 0) is 6.42 Å². The molecule has 0 spiro atoms. The Morgan fingerprint density at radius 2 is 2.04 bits per heavy atom. The first-order chi connectivity index (χ1) is 12.5. The molecule has 0 bridgehead atoms. The van der Waals surface area contributed by atoms with Gasteiger partial charge in [-0.1, -0.05) is 35.0 Å². The number of aryl methyl sites for hydroxylation is 2. The van der Waals surface area contributed by atoms with Crippen molar-refractivity contribution < 1.29 is 4.52 Å². The average Bonchev–Trinajstić information content (AvgIpc) is 3.07. The number of halogens is 1. The molecule has 3 rings (SSSR count). The third-order valence-electron chi connectivity index (χ3n) is 3.94. The fourth-order valence-electron chi connectivity index (χ4n) is 2.38. The van der Waals surface area contributed by atoms with E-state index in [1.54, 1.807) is 12.1 Å². The van der Waals surface area contributed by atoms with E-state index in [-0.39, 0.29) is 0 Å². The first-order valence-corrected chi connectivity index (χ1v) is 8.62. The van der Waals surface area contributed by atoms with Crippen LogP contribution in [0.4, 0.5) is 5.69 Å². The molecule has 0 aliphatic heterocycles. The first kappa shape index (κ1) is 17.9. The highest BCUT2D eigenvalue weighted by molar-refractivity contribution is 6.30. The van der Waals surface area contributed by atoms with Gasteiger partial charge in [0, 0.05) is 22.7 Å². The minimum absolute atomic E-state index is 0.350. The first-order valence-electron chi connectivity index (χ1n) is 8.24. The van der Waals surface area contributed by atoms with Crippen molar-refractivity contribution in [3.63, 3.8) is 0 Å². The Kier molecular flexibility index (Phi) is 5.53. The van der Waals surface area contributed by atoms with E-state index in [0.29, 0.717) is 35.7 Å². The van der Waals surface area contributed by atoms with E-state index in [1.165, 1.54) is 11.1 Å². The smallest absolute Gasteiger partial charge is 0.228 e. The van der Waals surface area contributed by atoms with Crippen molar-refractivity contribution in [1.82, 2.24) is 10.1 Å². The van der Waals surface area contributed by atoms with Crippen molar-refractivity contribution >= 4 is 23.2 Å². The van der Waals surface area contributed by atoms with Crippen molar-refractivity contribution in [1.29, 1.82) is 0 Å². The van der Waals surface area contributed by atoms with Crippen LogP contribution in [0.2, 0.25) is 5.02 Å². The van der Waals surface area contributed by atoms with Gasteiger partial charge in [0.1, 0.15) is 0 Å². The van der Waals surface area contributed by atoms with Gasteiger partial charge in [-0.3, -0.25) is 4.99 Å². The number of nitrogens with two attached hydrogens (primary N) is 1. The quantitative estimate of drug-likeness (QED) is 0.524. The molecule has 1 aromatic heterocycles. The van der Waals surface area contributed by atoms with E-state index >= 15 is 0 Å². The summed E-state index contributed by atoms with van der Waals surface area (Å²) in [5.41, 5.74) is 10.1. The van der Waals surface area contributed by atoms with Gasteiger partial charge >= 0.3 is 0 Å². The van der Waals surface area contributed by atoms with Crippen LogP contribution in [0.15, 0.2) is 52.0 Å². The molecule has 0 aliphatic carbocycles. The monoisotopic (exact) mass is 369 g/mol. The van der Waals surface area contributed by atoms with Gasteiger partial charge in [-0.15, -0.1) is 0 Å². The molecule has 6 nitrogen and oxygen atoms in total. The van der Waals surface area contributed by atoms with Gasteiger partial charge in [-0.25, -0.2) is 0 Å². The standard InChI is InChI=1S/C19H20ClN5O/c1-12-6-7-16(10-13(12)2)23-19(21)22-9-8-17-24-18(25-26-17)14-4-3-5-15(20)11-14/h3-7,10-11H,8-9H2,1-2H3,(H3,21,22,23). The lowest BCUT2D eigenvalue weighted by atomic mass is 10.1. The summed E-state index contributed by atoms with van der Waals surface area (Å²) >= 11 is 5.98. The highest BCUT2D eigenvalue weighted by atomic mass is 35.5. The third kappa shape index (κ3) is 4.61. The second-order valence-electron chi connectivity index (χ2n) is 5.96. The summed E-state index contributed by atoms with van der Waals surface area (Å²) in [6.45, 7) is 4.57. The molecule has 0 unspecified atom stereocenters. The molecule has 0 amide bonds. The number of rotatable bonds is 5. The molecule has 2 aromatic carbocycles. The molecule has 1 heterocycles. The number of hydrogen-bond acceptors (Lipinski definition) is 4. The van der Waals surface area contributed by atoms with Gasteiger partial charge in [0.25, 0.3) is 0 Å². The van der Waals surface area contributed by atoms with Crippen LogP contribution in [0.25, 0.3) is 11.4 Å². The van der Waals surface area contributed by atoms with Crippen molar-refractivity contribution in [2.24, 2.45) is 10.7 Å². The maximum absolute atomic E-state index is 5.98. The van der Waals surface area contributed by atoms with E-state index < -0.39 is 0 Å². The van der Waals surface area contributed by atoms with Crippen molar-refractivity contribution in [3.8, 4) is 11.4 Å². The molecular formula is C19H20ClN5O. The molecule has 7 heteroatoms. The minimum Gasteiger partial charge on any atom is -0.370 e. The zero-order valence-electron chi connectivity index (χ0n) is 14.7. The Hall–Kier alpha value is -2.86. The molecule has 0 aliphatic rings. The Morgan fingerprint density at radius 3 is 2.81 bits per heavy atom. The van der Waals surface area contributed by atoms with Crippen molar-refractivity contribution in [2.45, 2.75) is 20.3 Å². The van der Waals surface area contributed by atoms with E-state index in [2.05, 4.69) is 34.3 Å². The zero-order chi connectivity index (χ0) is 18.5. The van der Waals surface area contributed by atoms with E-state index in [0.717, 1.165) is 11.3 Å². The number of hydrogen-bond donors (Lipinski definition) is 2. The van der Waals surface area contributed by atoms with E-state index in [1.807, 2.05) is 30.3 Å². The van der Waals surface area contributed by atoms with Crippen LogP contribution in [0.1, 0.15) is 17.0 Å². The van der Waals surface area contributed by atoms with E-state index in [4.69, 9.17) is 21.9 Å². The summed E-state index contributed by atoms with van der Waals surface area (Å²) in [4.78, 5) is 8.65. The average molecular weight is 370 g/mol. The lowest BCUT2D eigenvalue weighted by Crippen LogP contribution is -2.23. The Balaban J connectivity index is 1.57. The van der Waals surface area contributed by atoms with Gasteiger partial charge in [-0.2, -0.15) is 4.98 Å². The van der Waals surface area contributed by atoms with Gasteiger partial charge in [-0.05, 0) is 49.2 Å². The molecule has 0 atom stereocenters. The van der Waals surface area contributed by atoms with Crippen LogP contribution in [0, 0.1) is 13.8 Å². The summed E-state index contributed by atoms with van der Waals surface area (Å²) in [6.07, 6.45) is 0.503. The number of benzene rings is 2. The van der Waals surface area contributed by atoms with Gasteiger partial charge in [0.2, 0.25) is 11.7 Å². The highest BCUT2D eigenvalue weighted by Gasteiger charge is 2.08. The Labute approximate surface area is 157 Å². The Morgan fingerprint density at radius 1 is 1.19 bits per heavy atom. The second kappa shape index (κ2) is 8.01. The molecule has 3 N–H and O–H groups in total. The number of guanidine groups is 1. The summed E-state index contributed by atoms with van der Waals surface area (Å²) in [6, 6.07) is 13.4. The maximum Gasteiger partial charge on any atom is 0.228 e. The number of aromatic nitrogens is 2. The number of nitrogens with one attached hydrogen (secondary N) is 1. The molecule has 0 saturated carbocycles. The summed E-state index contributed by atoms with van der Waals surface area (Å²) in [7, 11) is 0. The summed E-state index contributed by atoms with van der Waals surface area (Å²) in [5, 5.41) is 7.68. The lowest BCUT2D eigenvalue weighted by Gasteiger charge is -2.07. The van der Waals surface area contributed by atoms with Crippen LogP contribution in [0.3, 0.4) is 0 Å². The third-order valence-corrected chi connectivity index (χ3v) is 4.17. The molecular weight excluding hydrogens is 350 g/mol. The number of aliphatic imine (C=N–C) groups is 1. The largest absolute Gasteiger partial charge is 0.370 e. The zero-order valence-corrected chi connectivity index (χ0v) is 15.4.